The van der Waals surface area contributed by atoms with Crippen molar-refractivity contribution in [2.45, 2.75) is 77.7 Å². The molecule has 11 heteroatoms. The van der Waals surface area contributed by atoms with Crippen molar-refractivity contribution in [3.63, 3.8) is 0 Å². The van der Waals surface area contributed by atoms with Crippen molar-refractivity contribution in [1.82, 2.24) is 4.90 Å². The molecule has 2 atom stereocenters. The first-order chi connectivity index (χ1) is 14.2. The van der Waals surface area contributed by atoms with E-state index in [0.717, 1.165) is 12.1 Å². The highest BCUT2D eigenvalue weighted by molar-refractivity contribution is 5.72. The molecule has 0 spiro atoms. The number of carbonyl (C=O) groups excluding carboxylic acids is 2. The molecular formula is C20H25F4NO6. The van der Waals surface area contributed by atoms with E-state index in [2.05, 4.69) is 9.47 Å². The van der Waals surface area contributed by atoms with Gasteiger partial charge in [0.2, 0.25) is 0 Å². The van der Waals surface area contributed by atoms with Crippen LogP contribution in [0.15, 0.2) is 18.2 Å². The van der Waals surface area contributed by atoms with Crippen molar-refractivity contribution in [2.24, 2.45) is 0 Å². The van der Waals surface area contributed by atoms with E-state index in [4.69, 9.17) is 9.47 Å². The molecule has 1 heterocycles. The molecule has 0 aromatic heterocycles. The molecule has 1 fully saturated rings. The number of amides is 1. The maximum absolute atomic E-state index is 12.8. The topological polar surface area (TPSA) is 74.3 Å². The molecule has 0 radical (unpaired) electrons. The van der Waals surface area contributed by atoms with Gasteiger partial charge in [-0.15, -0.1) is 0 Å². The van der Waals surface area contributed by atoms with Gasteiger partial charge < -0.3 is 23.7 Å². The van der Waals surface area contributed by atoms with Gasteiger partial charge >= 0.3 is 19.3 Å². The average Bonchev–Trinajstić information content (AvgIpc) is 2.84. The largest absolute Gasteiger partial charge is 0.444 e. The summed E-state index contributed by atoms with van der Waals surface area (Å²) in [5.74, 6) is -1.17. The standard InChI is InChI=1S/C20H25F4NO6/c1-19(2,3)31-18(27)25-12(15(10-26)30-20(25,4)5)8-11-6-7-13(28-16(21)22)14(9-11)29-17(23)24/h6-7,9-10,12,15-17H,8H2,1-5H3/t12-,15+/m0/s1. The lowest BCUT2D eigenvalue weighted by Crippen LogP contribution is -2.51. The van der Waals surface area contributed by atoms with Gasteiger partial charge in [0.15, 0.2) is 17.8 Å². The van der Waals surface area contributed by atoms with Gasteiger partial charge in [-0.05, 0) is 58.7 Å². The summed E-state index contributed by atoms with van der Waals surface area (Å²) in [6, 6.07) is 2.64. The Labute approximate surface area is 177 Å². The molecule has 1 aromatic rings. The molecular weight excluding hydrogens is 426 g/mol. The van der Waals surface area contributed by atoms with Crippen LogP contribution in [0, 0.1) is 0 Å². The minimum absolute atomic E-state index is 0.0271. The van der Waals surface area contributed by atoms with Crippen LogP contribution in [0.5, 0.6) is 11.5 Å². The average molecular weight is 451 g/mol. The van der Waals surface area contributed by atoms with Crippen molar-refractivity contribution in [2.75, 3.05) is 0 Å². The third-order valence-electron chi connectivity index (χ3n) is 4.32. The molecule has 1 aliphatic rings. The Hall–Kier alpha value is -2.56. The Morgan fingerprint density at radius 2 is 1.74 bits per heavy atom. The van der Waals surface area contributed by atoms with E-state index >= 15 is 0 Å². The van der Waals surface area contributed by atoms with E-state index in [-0.39, 0.29) is 6.42 Å². The Balaban J connectivity index is 2.37. The molecule has 0 unspecified atom stereocenters. The molecule has 7 nitrogen and oxygen atoms in total. The predicted molar refractivity (Wildman–Crippen MR) is 100 cm³/mol. The van der Waals surface area contributed by atoms with Gasteiger partial charge in [-0.3, -0.25) is 4.90 Å². The van der Waals surface area contributed by atoms with Gasteiger partial charge in [0.25, 0.3) is 0 Å². The summed E-state index contributed by atoms with van der Waals surface area (Å²) in [6.07, 6.45) is -1.25. The van der Waals surface area contributed by atoms with Crippen molar-refractivity contribution < 1.29 is 46.1 Å². The van der Waals surface area contributed by atoms with Gasteiger partial charge in [0, 0.05) is 0 Å². The third kappa shape index (κ3) is 6.46. The highest BCUT2D eigenvalue weighted by Crippen LogP contribution is 2.37. The molecule has 0 aliphatic carbocycles. The van der Waals surface area contributed by atoms with Crippen LogP contribution in [0.1, 0.15) is 40.2 Å². The summed E-state index contributed by atoms with van der Waals surface area (Å²) in [6.45, 7) is 1.68. The van der Waals surface area contributed by atoms with Crippen LogP contribution < -0.4 is 9.47 Å². The highest BCUT2D eigenvalue weighted by atomic mass is 19.3. The maximum atomic E-state index is 12.8. The normalized spacial score (nSPS) is 20.8. The minimum Gasteiger partial charge on any atom is -0.444 e. The van der Waals surface area contributed by atoms with E-state index in [1.54, 1.807) is 34.6 Å². The zero-order chi connectivity index (χ0) is 23.6. The van der Waals surface area contributed by atoms with Crippen LogP contribution in [0.3, 0.4) is 0 Å². The Morgan fingerprint density at radius 3 is 2.26 bits per heavy atom. The smallest absolute Gasteiger partial charge is 0.412 e. The lowest BCUT2D eigenvalue weighted by Gasteiger charge is -2.35. The van der Waals surface area contributed by atoms with Crippen LogP contribution in [-0.4, -0.2) is 54.0 Å². The predicted octanol–water partition coefficient (Wildman–Crippen LogP) is 4.37. The Kier molecular flexibility index (Phi) is 7.40. The number of halogens is 4. The quantitative estimate of drug-likeness (QED) is 0.453. The zero-order valence-corrected chi connectivity index (χ0v) is 17.7. The fourth-order valence-corrected chi connectivity index (χ4v) is 3.31. The van der Waals surface area contributed by atoms with Crippen molar-refractivity contribution >= 4 is 12.4 Å². The number of carbonyl (C=O) groups is 2. The molecule has 1 aromatic carbocycles. The summed E-state index contributed by atoms with van der Waals surface area (Å²) in [5.41, 5.74) is -1.69. The summed E-state index contributed by atoms with van der Waals surface area (Å²) in [4.78, 5) is 25.7. The number of aldehydes is 1. The molecule has 0 N–H and O–H groups in total. The molecule has 1 amide bonds. The molecule has 1 saturated heterocycles. The van der Waals surface area contributed by atoms with Crippen LogP contribution in [0.2, 0.25) is 0 Å². The molecule has 0 bridgehead atoms. The van der Waals surface area contributed by atoms with E-state index in [0.29, 0.717) is 11.8 Å². The number of nitrogens with zero attached hydrogens (tertiary/aromatic N) is 1. The number of ether oxygens (including phenoxy) is 4. The van der Waals surface area contributed by atoms with Gasteiger partial charge in [0.05, 0.1) is 6.04 Å². The second-order valence-electron chi connectivity index (χ2n) is 8.33. The molecule has 31 heavy (non-hydrogen) atoms. The Bertz CT molecular complexity index is 796. The first kappa shape index (κ1) is 24.7. The summed E-state index contributed by atoms with van der Waals surface area (Å²) < 4.78 is 70.1. The van der Waals surface area contributed by atoms with Gasteiger partial charge in [0.1, 0.15) is 17.4 Å². The van der Waals surface area contributed by atoms with Gasteiger partial charge in [-0.2, -0.15) is 17.6 Å². The minimum atomic E-state index is -3.27. The van der Waals surface area contributed by atoms with E-state index < -0.39 is 54.3 Å². The van der Waals surface area contributed by atoms with Crippen LogP contribution >= 0.6 is 0 Å². The van der Waals surface area contributed by atoms with Crippen LogP contribution in [0.4, 0.5) is 22.4 Å². The number of hydrogen-bond acceptors (Lipinski definition) is 6. The van der Waals surface area contributed by atoms with Crippen molar-refractivity contribution in [1.29, 1.82) is 0 Å². The monoisotopic (exact) mass is 451 g/mol. The number of alkyl halides is 4. The van der Waals surface area contributed by atoms with Crippen LogP contribution in [0.25, 0.3) is 0 Å². The van der Waals surface area contributed by atoms with Crippen molar-refractivity contribution in [3.05, 3.63) is 23.8 Å². The van der Waals surface area contributed by atoms with Crippen LogP contribution in [-0.2, 0) is 20.7 Å². The lowest BCUT2D eigenvalue weighted by molar-refractivity contribution is -0.124. The molecule has 0 saturated carbocycles. The van der Waals surface area contributed by atoms with E-state index in [1.807, 2.05) is 0 Å². The van der Waals surface area contributed by atoms with Crippen molar-refractivity contribution in [3.8, 4) is 11.5 Å². The Morgan fingerprint density at radius 1 is 1.16 bits per heavy atom. The first-order valence-corrected chi connectivity index (χ1v) is 9.41. The molecule has 174 valence electrons. The second-order valence-corrected chi connectivity index (χ2v) is 8.33. The summed E-state index contributed by atoms with van der Waals surface area (Å²) in [5, 5.41) is 0. The second kappa shape index (κ2) is 9.29. The summed E-state index contributed by atoms with van der Waals surface area (Å²) >= 11 is 0. The fraction of sp³-hybridized carbons (Fsp3) is 0.600. The lowest BCUT2D eigenvalue weighted by atomic mass is 10.0. The third-order valence-corrected chi connectivity index (χ3v) is 4.32. The zero-order valence-electron chi connectivity index (χ0n) is 17.7. The van der Waals surface area contributed by atoms with Gasteiger partial charge in [-0.1, -0.05) is 6.07 Å². The number of hydrogen-bond donors (Lipinski definition) is 0. The maximum Gasteiger partial charge on any atom is 0.412 e. The molecule has 2 rings (SSSR count). The summed E-state index contributed by atoms with van der Waals surface area (Å²) in [7, 11) is 0. The fourth-order valence-electron chi connectivity index (χ4n) is 3.31. The highest BCUT2D eigenvalue weighted by Gasteiger charge is 2.51. The SMILES string of the molecule is CC(C)(C)OC(=O)N1[C@@H](Cc2ccc(OC(F)F)c(OC(F)F)c2)[C@@H](C=O)OC1(C)C. The van der Waals surface area contributed by atoms with E-state index in [1.165, 1.54) is 11.0 Å². The number of benzene rings is 1. The van der Waals surface area contributed by atoms with E-state index in [9.17, 15) is 27.2 Å². The van der Waals surface area contributed by atoms with Gasteiger partial charge in [-0.25, -0.2) is 4.79 Å². The molecule has 1 aliphatic heterocycles. The first-order valence-electron chi connectivity index (χ1n) is 9.41. The number of rotatable bonds is 7.